The number of unbranched alkanes of at least 4 members (excludes halogenated alkanes) is 3. The quantitative estimate of drug-likeness (QED) is 0.398. The molecule has 8 heteroatoms. The summed E-state index contributed by atoms with van der Waals surface area (Å²) in [4.78, 5) is 47.0. The highest BCUT2D eigenvalue weighted by atomic mass is 16.5. The van der Waals surface area contributed by atoms with Crippen molar-refractivity contribution < 1.29 is 24.2 Å². The van der Waals surface area contributed by atoms with Gasteiger partial charge in [0, 0.05) is 39.3 Å². The van der Waals surface area contributed by atoms with E-state index >= 15 is 0 Å². The number of hydrogen-bond donors (Lipinski definition) is 1. The number of hydrogen-bond acceptors (Lipinski definition) is 5. The van der Waals surface area contributed by atoms with Crippen LogP contribution in [0, 0.1) is 11.8 Å². The highest BCUT2D eigenvalue weighted by molar-refractivity contribution is 6.00. The van der Waals surface area contributed by atoms with E-state index in [9.17, 15) is 14.4 Å². The van der Waals surface area contributed by atoms with Crippen molar-refractivity contribution in [3.05, 3.63) is 24.3 Å². The second kappa shape index (κ2) is 10.1. The smallest absolute Gasteiger partial charge is 0.249 e. The lowest BCUT2D eigenvalue weighted by Crippen LogP contribution is -2.57. The number of likely N-dealkylation sites (N-methyl/N-ethyl adjacent to an activating group) is 1. The largest absolute Gasteiger partial charge is 0.396 e. The van der Waals surface area contributed by atoms with Crippen LogP contribution in [0.5, 0.6) is 0 Å². The topological polar surface area (TPSA) is 90.4 Å². The average molecular weight is 488 g/mol. The monoisotopic (exact) mass is 487 g/mol. The first-order valence-electron chi connectivity index (χ1n) is 13.2. The molecule has 0 radical (unpaired) electrons. The van der Waals surface area contributed by atoms with E-state index in [-0.39, 0.29) is 30.4 Å². The van der Waals surface area contributed by atoms with Gasteiger partial charge >= 0.3 is 0 Å². The fraction of sp³-hybridized carbons (Fsp3) is 0.741. The number of amides is 3. The number of nitrogens with zero attached hydrogens (tertiary/aromatic N) is 3. The van der Waals surface area contributed by atoms with Crippen LogP contribution in [0.15, 0.2) is 24.3 Å². The van der Waals surface area contributed by atoms with Crippen LogP contribution >= 0.6 is 0 Å². The van der Waals surface area contributed by atoms with Gasteiger partial charge in [-0.2, -0.15) is 0 Å². The van der Waals surface area contributed by atoms with Crippen molar-refractivity contribution in [1.29, 1.82) is 0 Å². The lowest BCUT2D eigenvalue weighted by atomic mass is 9.74. The van der Waals surface area contributed by atoms with Crippen LogP contribution in [0.4, 0.5) is 0 Å². The number of fused-ring (bicyclic) bond motifs is 2. The van der Waals surface area contributed by atoms with Gasteiger partial charge in [0.1, 0.15) is 11.6 Å². The number of aliphatic hydroxyl groups excluding tert-OH is 1. The van der Waals surface area contributed by atoms with E-state index in [4.69, 9.17) is 9.84 Å². The molecule has 0 aliphatic carbocycles. The Hall–Kier alpha value is -2.19. The van der Waals surface area contributed by atoms with Crippen molar-refractivity contribution >= 4 is 17.7 Å². The Kier molecular flexibility index (Phi) is 7.44. The minimum atomic E-state index is -1.17. The van der Waals surface area contributed by atoms with Gasteiger partial charge in [-0.15, -0.1) is 0 Å². The first-order chi connectivity index (χ1) is 16.7. The van der Waals surface area contributed by atoms with Crippen LogP contribution in [0.3, 0.4) is 0 Å². The summed E-state index contributed by atoms with van der Waals surface area (Å²) in [6.07, 6.45) is 12.8. The Morgan fingerprint density at radius 1 is 1.03 bits per heavy atom. The molecular formula is C27H41N3O5. The van der Waals surface area contributed by atoms with Crippen LogP contribution in [0.2, 0.25) is 0 Å². The van der Waals surface area contributed by atoms with E-state index in [1.807, 2.05) is 36.1 Å². The zero-order chi connectivity index (χ0) is 25.4. The summed E-state index contributed by atoms with van der Waals surface area (Å²) >= 11 is 0. The minimum Gasteiger partial charge on any atom is -0.396 e. The number of aliphatic hydroxyl groups is 1. The van der Waals surface area contributed by atoms with E-state index in [0.29, 0.717) is 19.6 Å². The molecule has 4 heterocycles. The Balaban J connectivity index is 1.75. The number of ether oxygens (including phenoxy) is 1. The van der Waals surface area contributed by atoms with Gasteiger partial charge in [-0.25, -0.2) is 0 Å². The third-order valence-electron chi connectivity index (χ3n) is 8.34. The Labute approximate surface area is 208 Å². The van der Waals surface area contributed by atoms with Crippen LogP contribution in [0.25, 0.3) is 0 Å². The summed E-state index contributed by atoms with van der Waals surface area (Å²) in [7, 11) is 1.75. The van der Waals surface area contributed by atoms with E-state index in [1.165, 1.54) is 0 Å². The van der Waals surface area contributed by atoms with Gasteiger partial charge in [0.05, 0.1) is 17.4 Å². The van der Waals surface area contributed by atoms with Gasteiger partial charge in [-0.05, 0) is 33.1 Å². The van der Waals surface area contributed by atoms with E-state index in [0.717, 1.165) is 38.5 Å². The number of carbonyl (C=O) groups excluding carboxylic acids is 3. The molecule has 4 aliphatic rings. The maximum absolute atomic E-state index is 14.2. The van der Waals surface area contributed by atoms with Gasteiger partial charge in [-0.1, -0.05) is 50.5 Å². The summed E-state index contributed by atoms with van der Waals surface area (Å²) in [5.74, 6) is -1.79. The van der Waals surface area contributed by atoms with E-state index < -0.39 is 29.1 Å². The molecule has 35 heavy (non-hydrogen) atoms. The van der Waals surface area contributed by atoms with Crippen molar-refractivity contribution in [3.63, 3.8) is 0 Å². The lowest BCUT2D eigenvalue weighted by molar-refractivity contribution is -0.153. The summed E-state index contributed by atoms with van der Waals surface area (Å²) in [6.45, 7) is 7.57. The lowest BCUT2D eigenvalue weighted by Gasteiger charge is -2.38. The molecule has 2 saturated heterocycles. The van der Waals surface area contributed by atoms with Crippen molar-refractivity contribution in [3.8, 4) is 0 Å². The summed E-state index contributed by atoms with van der Waals surface area (Å²) in [5.41, 5.74) is -2.12. The molecule has 0 aromatic carbocycles. The second-order valence-electron chi connectivity index (χ2n) is 10.8. The van der Waals surface area contributed by atoms with Crippen LogP contribution in [-0.2, 0) is 19.1 Å². The molecule has 2 fully saturated rings. The van der Waals surface area contributed by atoms with Crippen LogP contribution in [-0.4, -0.2) is 94.1 Å². The highest BCUT2D eigenvalue weighted by Gasteiger charge is 2.74. The van der Waals surface area contributed by atoms with Gasteiger partial charge in [0.2, 0.25) is 17.7 Å². The summed E-state index contributed by atoms with van der Waals surface area (Å²) in [5, 5.41) is 9.10. The van der Waals surface area contributed by atoms with Crippen molar-refractivity contribution in [2.75, 3.05) is 33.3 Å². The normalized spacial score (nSPS) is 35.2. The standard InChI is InChI=1S/C27H41N3O5/c1-5-12-19(2)29-17-11-14-27-21(20-23(32)28(4)15-10-13-26(20,3)35-27)24(33)30(22(27)25(29)34)16-8-6-7-9-18-31/h10-11,13-14,19-22,31H,5-9,12,15-18H2,1-4H3/t19?,20-,21+,22?,26+,27+/m1/s1. The van der Waals surface area contributed by atoms with Crippen molar-refractivity contribution in [2.24, 2.45) is 11.8 Å². The molecule has 4 aliphatic heterocycles. The van der Waals surface area contributed by atoms with E-state index in [2.05, 4.69) is 13.8 Å². The molecule has 4 rings (SSSR count). The molecule has 194 valence electrons. The molecule has 1 N–H and O–H groups in total. The maximum Gasteiger partial charge on any atom is 0.249 e. The predicted molar refractivity (Wildman–Crippen MR) is 132 cm³/mol. The summed E-state index contributed by atoms with van der Waals surface area (Å²) < 4.78 is 6.79. The highest BCUT2D eigenvalue weighted by Crippen LogP contribution is 2.57. The van der Waals surface area contributed by atoms with Gasteiger partial charge < -0.3 is 24.5 Å². The van der Waals surface area contributed by atoms with Crippen molar-refractivity contribution in [2.45, 2.75) is 82.6 Å². The Morgan fingerprint density at radius 2 is 1.74 bits per heavy atom. The van der Waals surface area contributed by atoms with Crippen LogP contribution < -0.4 is 0 Å². The number of likely N-dealkylation sites (tertiary alicyclic amines) is 1. The SMILES string of the molecule is CCCC(C)N1CC=C[C@]23O[C@@]4(C)C=CCN(C)C(=O)[C@H]4[C@H]2C(=O)N(CCCCCCO)C3C1=O. The molecule has 0 bridgehead atoms. The first kappa shape index (κ1) is 25.9. The number of rotatable bonds is 9. The molecule has 0 aromatic rings. The molecule has 6 atom stereocenters. The molecule has 0 saturated carbocycles. The van der Waals surface area contributed by atoms with Gasteiger partial charge in [-0.3, -0.25) is 14.4 Å². The third kappa shape index (κ3) is 4.22. The van der Waals surface area contributed by atoms with E-state index in [1.54, 1.807) is 16.8 Å². The summed E-state index contributed by atoms with van der Waals surface area (Å²) in [6, 6.07) is -0.742. The minimum absolute atomic E-state index is 0.0444. The Bertz CT molecular complexity index is 903. The molecule has 0 aromatic heterocycles. The van der Waals surface area contributed by atoms with Crippen molar-refractivity contribution in [1.82, 2.24) is 14.7 Å². The molecule has 1 spiro atoms. The third-order valence-corrected chi connectivity index (χ3v) is 8.34. The molecule has 8 nitrogen and oxygen atoms in total. The second-order valence-corrected chi connectivity index (χ2v) is 10.8. The van der Waals surface area contributed by atoms with Gasteiger partial charge in [0.15, 0.2) is 0 Å². The maximum atomic E-state index is 14.2. The fourth-order valence-corrected chi connectivity index (χ4v) is 6.62. The fourth-order valence-electron chi connectivity index (χ4n) is 6.62. The predicted octanol–water partition coefficient (Wildman–Crippen LogP) is 2.13. The average Bonchev–Trinajstić information content (AvgIpc) is 3.08. The molecular weight excluding hydrogens is 446 g/mol. The van der Waals surface area contributed by atoms with Crippen LogP contribution in [0.1, 0.15) is 59.3 Å². The van der Waals surface area contributed by atoms with Gasteiger partial charge in [0.25, 0.3) is 0 Å². The zero-order valence-corrected chi connectivity index (χ0v) is 21.6. The Morgan fingerprint density at radius 3 is 2.46 bits per heavy atom. The number of carbonyl (C=O) groups is 3. The molecule has 2 unspecified atom stereocenters. The zero-order valence-electron chi connectivity index (χ0n) is 21.6. The first-order valence-corrected chi connectivity index (χ1v) is 13.2. The molecule has 3 amide bonds.